The van der Waals surface area contributed by atoms with E-state index in [1.807, 2.05) is 11.3 Å². The predicted molar refractivity (Wildman–Crippen MR) is 73.0 cm³/mol. The lowest BCUT2D eigenvalue weighted by molar-refractivity contribution is 0.187. The summed E-state index contributed by atoms with van der Waals surface area (Å²) in [4.78, 5) is 3.88. The Balaban J connectivity index is 2.40. The van der Waals surface area contributed by atoms with Gasteiger partial charge >= 0.3 is 0 Å². The summed E-state index contributed by atoms with van der Waals surface area (Å²) >= 11 is 1.84. The Morgan fingerprint density at radius 1 is 1.50 bits per heavy atom. The molecule has 0 amide bonds. The molecule has 0 spiro atoms. The van der Waals surface area contributed by atoms with Gasteiger partial charge in [-0.2, -0.15) is 0 Å². The van der Waals surface area contributed by atoms with Crippen molar-refractivity contribution < 1.29 is 0 Å². The summed E-state index contributed by atoms with van der Waals surface area (Å²) in [7, 11) is 2.19. The molecule has 1 heterocycles. The van der Waals surface area contributed by atoms with Crippen molar-refractivity contribution >= 4 is 11.3 Å². The van der Waals surface area contributed by atoms with Crippen LogP contribution >= 0.6 is 11.3 Å². The highest BCUT2D eigenvalue weighted by molar-refractivity contribution is 7.09. The Bertz CT molecular complexity index is 271. The Labute approximate surface area is 103 Å². The van der Waals surface area contributed by atoms with Gasteiger partial charge in [0, 0.05) is 24.0 Å². The van der Waals surface area contributed by atoms with Gasteiger partial charge in [-0.05, 0) is 30.8 Å². The van der Waals surface area contributed by atoms with Gasteiger partial charge in [0.2, 0.25) is 0 Å². The van der Waals surface area contributed by atoms with Crippen molar-refractivity contribution in [2.45, 2.75) is 32.7 Å². The zero-order chi connectivity index (χ0) is 12.0. The van der Waals surface area contributed by atoms with Crippen LogP contribution in [0.1, 0.15) is 25.1 Å². The fourth-order valence-corrected chi connectivity index (χ4v) is 2.72. The first-order chi connectivity index (χ1) is 7.69. The maximum absolute atomic E-state index is 5.86. The zero-order valence-electron chi connectivity index (χ0n) is 10.6. The minimum Gasteiger partial charge on any atom is -0.329 e. The van der Waals surface area contributed by atoms with E-state index < -0.39 is 0 Å². The van der Waals surface area contributed by atoms with Crippen LogP contribution in [0.4, 0.5) is 0 Å². The second-order valence-electron chi connectivity index (χ2n) is 4.50. The lowest BCUT2D eigenvalue weighted by Crippen LogP contribution is -2.43. The van der Waals surface area contributed by atoms with Crippen molar-refractivity contribution in [1.82, 2.24) is 4.90 Å². The SMILES string of the molecule is CCC(C)C(CN)N(C)CCc1cccs1. The first-order valence-corrected chi connectivity index (χ1v) is 6.99. The largest absolute Gasteiger partial charge is 0.329 e. The van der Waals surface area contributed by atoms with Crippen molar-refractivity contribution in [3.05, 3.63) is 22.4 Å². The third-order valence-corrected chi connectivity index (χ3v) is 4.34. The standard InChI is InChI=1S/C13H24N2S/c1-4-11(2)13(10-14)15(3)8-7-12-6-5-9-16-12/h5-6,9,11,13H,4,7-8,10,14H2,1-3H3. The summed E-state index contributed by atoms with van der Waals surface area (Å²) in [5.74, 6) is 0.679. The molecule has 0 radical (unpaired) electrons. The number of nitrogens with zero attached hydrogens (tertiary/aromatic N) is 1. The van der Waals surface area contributed by atoms with E-state index in [0.717, 1.165) is 19.5 Å². The maximum atomic E-state index is 5.86. The molecule has 1 aromatic rings. The number of hydrogen-bond donors (Lipinski definition) is 1. The molecule has 0 aliphatic rings. The lowest BCUT2D eigenvalue weighted by atomic mass is 9.98. The van der Waals surface area contributed by atoms with Crippen molar-refractivity contribution in [3.8, 4) is 0 Å². The molecule has 1 rings (SSSR count). The molecule has 3 heteroatoms. The van der Waals surface area contributed by atoms with Gasteiger partial charge in [0.05, 0.1) is 0 Å². The third-order valence-electron chi connectivity index (χ3n) is 3.40. The van der Waals surface area contributed by atoms with Crippen LogP contribution in [0.5, 0.6) is 0 Å². The quantitative estimate of drug-likeness (QED) is 0.794. The summed E-state index contributed by atoms with van der Waals surface area (Å²) in [6.45, 7) is 6.39. The van der Waals surface area contributed by atoms with Gasteiger partial charge in [-0.15, -0.1) is 11.3 Å². The van der Waals surface area contributed by atoms with Gasteiger partial charge in [-0.3, -0.25) is 0 Å². The number of thiophene rings is 1. The van der Waals surface area contributed by atoms with E-state index in [1.165, 1.54) is 11.3 Å². The normalized spacial score (nSPS) is 15.3. The average molecular weight is 240 g/mol. The monoisotopic (exact) mass is 240 g/mol. The van der Waals surface area contributed by atoms with E-state index in [-0.39, 0.29) is 0 Å². The molecule has 0 aliphatic heterocycles. The highest BCUT2D eigenvalue weighted by Crippen LogP contribution is 2.14. The number of hydrogen-bond acceptors (Lipinski definition) is 3. The van der Waals surface area contributed by atoms with Crippen LogP contribution in [0.2, 0.25) is 0 Å². The van der Waals surface area contributed by atoms with Gasteiger partial charge in [0.1, 0.15) is 0 Å². The van der Waals surface area contributed by atoms with Crippen molar-refractivity contribution in [3.63, 3.8) is 0 Å². The molecular weight excluding hydrogens is 216 g/mol. The lowest BCUT2D eigenvalue weighted by Gasteiger charge is -2.31. The number of rotatable bonds is 7. The maximum Gasteiger partial charge on any atom is 0.0240 e. The van der Waals surface area contributed by atoms with Crippen LogP contribution in [0.3, 0.4) is 0 Å². The topological polar surface area (TPSA) is 29.3 Å². The van der Waals surface area contributed by atoms with Gasteiger partial charge in [0.25, 0.3) is 0 Å². The number of likely N-dealkylation sites (N-methyl/N-ethyl adjacent to an activating group) is 1. The Kier molecular flexibility index (Phi) is 6.03. The van der Waals surface area contributed by atoms with E-state index >= 15 is 0 Å². The minimum absolute atomic E-state index is 0.518. The fourth-order valence-electron chi connectivity index (χ4n) is 2.03. The van der Waals surface area contributed by atoms with Crippen molar-refractivity contribution in [2.75, 3.05) is 20.1 Å². The van der Waals surface area contributed by atoms with Crippen LogP contribution in [0, 0.1) is 5.92 Å². The fraction of sp³-hybridized carbons (Fsp3) is 0.692. The van der Waals surface area contributed by atoms with E-state index in [2.05, 4.69) is 43.3 Å². The second-order valence-corrected chi connectivity index (χ2v) is 5.53. The molecule has 2 unspecified atom stereocenters. The summed E-state index contributed by atoms with van der Waals surface area (Å²) in [5, 5.41) is 2.14. The van der Waals surface area contributed by atoms with Crippen molar-refractivity contribution in [2.24, 2.45) is 11.7 Å². The van der Waals surface area contributed by atoms with Crippen LogP contribution in [0.25, 0.3) is 0 Å². The Morgan fingerprint density at radius 2 is 2.25 bits per heavy atom. The molecular formula is C13H24N2S. The van der Waals surface area contributed by atoms with Gasteiger partial charge in [0.15, 0.2) is 0 Å². The van der Waals surface area contributed by atoms with Crippen LogP contribution in [-0.4, -0.2) is 31.1 Å². The highest BCUT2D eigenvalue weighted by Gasteiger charge is 2.18. The molecule has 0 aliphatic carbocycles. The smallest absolute Gasteiger partial charge is 0.0240 e. The molecule has 0 saturated heterocycles. The zero-order valence-corrected chi connectivity index (χ0v) is 11.5. The first-order valence-electron chi connectivity index (χ1n) is 6.11. The van der Waals surface area contributed by atoms with Crippen LogP contribution < -0.4 is 5.73 Å². The van der Waals surface area contributed by atoms with E-state index in [1.54, 1.807) is 0 Å². The molecule has 0 fully saturated rings. The molecule has 2 N–H and O–H groups in total. The number of nitrogens with two attached hydrogens (primary N) is 1. The highest BCUT2D eigenvalue weighted by atomic mass is 32.1. The van der Waals surface area contributed by atoms with E-state index in [4.69, 9.17) is 5.73 Å². The van der Waals surface area contributed by atoms with Gasteiger partial charge in [-0.25, -0.2) is 0 Å². The molecule has 0 bridgehead atoms. The second kappa shape index (κ2) is 7.05. The van der Waals surface area contributed by atoms with Gasteiger partial charge < -0.3 is 10.6 Å². The molecule has 1 aromatic heterocycles. The molecule has 0 saturated carbocycles. The summed E-state index contributed by atoms with van der Waals surface area (Å²) in [6, 6.07) is 4.85. The molecule has 0 aromatic carbocycles. The molecule has 92 valence electrons. The Hall–Kier alpha value is -0.380. The average Bonchev–Trinajstić information content (AvgIpc) is 2.79. The molecule has 2 nitrogen and oxygen atoms in total. The summed E-state index contributed by atoms with van der Waals surface area (Å²) in [6.07, 6.45) is 2.34. The predicted octanol–water partition coefficient (Wildman–Crippen LogP) is 2.60. The summed E-state index contributed by atoms with van der Waals surface area (Å²) < 4.78 is 0. The van der Waals surface area contributed by atoms with E-state index in [9.17, 15) is 0 Å². The van der Waals surface area contributed by atoms with Crippen molar-refractivity contribution in [1.29, 1.82) is 0 Å². The van der Waals surface area contributed by atoms with Crippen LogP contribution in [0.15, 0.2) is 17.5 Å². The summed E-state index contributed by atoms with van der Waals surface area (Å²) in [5.41, 5.74) is 5.86. The third kappa shape index (κ3) is 3.89. The minimum atomic E-state index is 0.518. The first kappa shape index (κ1) is 13.7. The van der Waals surface area contributed by atoms with Gasteiger partial charge in [-0.1, -0.05) is 26.3 Å². The van der Waals surface area contributed by atoms with E-state index in [0.29, 0.717) is 12.0 Å². The molecule has 16 heavy (non-hydrogen) atoms. The molecule has 2 atom stereocenters. The Morgan fingerprint density at radius 3 is 2.75 bits per heavy atom. The van der Waals surface area contributed by atoms with Crippen LogP contribution in [-0.2, 0) is 6.42 Å².